The van der Waals surface area contributed by atoms with Crippen LogP contribution in [0.25, 0.3) is 22.0 Å². The van der Waals surface area contributed by atoms with Gasteiger partial charge in [0.1, 0.15) is 0 Å². The number of halogens is 2. The lowest BCUT2D eigenvalue weighted by molar-refractivity contribution is -0.254. The first-order valence-electron chi connectivity index (χ1n) is 8.90. The van der Waals surface area contributed by atoms with Crippen LogP contribution in [-0.4, -0.2) is 36.8 Å². The van der Waals surface area contributed by atoms with Gasteiger partial charge < -0.3 is 9.90 Å². The fraction of sp³-hybridized carbons (Fsp3) is 0.200. The molecule has 0 saturated carbocycles. The van der Waals surface area contributed by atoms with E-state index in [1.54, 1.807) is 12.1 Å². The molecule has 0 bridgehead atoms. The average Bonchev–Trinajstić information content (AvgIpc) is 3.23. The van der Waals surface area contributed by atoms with Gasteiger partial charge in [-0.05, 0) is 37.1 Å². The predicted octanol–water partition coefficient (Wildman–Crippen LogP) is 3.36. The molecule has 1 saturated heterocycles. The van der Waals surface area contributed by atoms with Crippen molar-refractivity contribution in [3.05, 3.63) is 58.2 Å². The van der Waals surface area contributed by atoms with Gasteiger partial charge in [0, 0.05) is 41.4 Å². The average molecular weight is 450 g/mol. The molecule has 0 radical (unpaired) electrons. The third kappa shape index (κ3) is 3.38. The van der Waals surface area contributed by atoms with E-state index < -0.39 is 16.0 Å². The van der Waals surface area contributed by atoms with Gasteiger partial charge in [-0.2, -0.15) is 4.31 Å². The van der Waals surface area contributed by atoms with Crippen LogP contribution in [0.2, 0.25) is 10.0 Å². The lowest BCUT2D eigenvalue weighted by Crippen LogP contribution is -2.30. The molecular weight excluding hydrogens is 435 g/mol. The fourth-order valence-electron chi connectivity index (χ4n) is 3.65. The van der Waals surface area contributed by atoms with E-state index in [2.05, 4.69) is 4.98 Å². The topological polar surface area (TPSA) is 90.4 Å². The van der Waals surface area contributed by atoms with Gasteiger partial charge >= 0.3 is 0 Å². The Kier molecular flexibility index (Phi) is 5.25. The van der Waals surface area contributed by atoms with Gasteiger partial charge in [0.2, 0.25) is 10.0 Å². The zero-order valence-electron chi connectivity index (χ0n) is 15.1. The van der Waals surface area contributed by atoms with E-state index in [0.717, 1.165) is 12.8 Å². The van der Waals surface area contributed by atoms with E-state index >= 15 is 0 Å². The van der Waals surface area contributed by atoms with Gasteiger partial charge in [-0.15, -0.1) is 0 Å². The summed E-state index contributed by atoms with van der Waals surface area (Å²) in [5.41, 5.74) is 0.201. The Morgan fingerprint density at radius 1 is 1.03 bits per heavy atom. The SMILES string of the molecule is O=C([O-])c1cccc(S(=O)(=O)N2CCCC2)c1-c1c(Cl)cc(Cl)c2cccnc12. The lowest BCUT2D eigenvalue weighted by atomic mass is 9.97. The quantitative estimate of drug-likeness (QED) is 0.608. The molecule has 1 aliphatic heterocycles. The van der Waals surface area contributed by atoms with Crippen molar-refractivity contribution in [2.45, 2.75) is 17.7 Å². The zero-order chi connectivity index (χ0) is 20.8. The van der Waals surface area contributed by atoms with Crippen molar-refractivity contribution in [2.24, 2.45) is 0 Å². The van der Waals surface area contributed by atoms with Crippen molar-refractivity contribution in [3.63, 3.8) is 0 Å². The van der Waals surface area contributed by atoms with Crippen LogP contribution >= 0.6 is 23.2 Å². The zero-order valence-corrected chi connectivity index (χ0v) is 17.4. The maximum absolute atomic E-state index is 13.3. The van der Waals surface area contributed by atoms with Crippen LogP contribution in [0, 0.1) is 0 Å². The van der Waals surface area contributed by atoms with Gasteiger partial charge in [0.15, 0.2) is 0 Å². The van der Waals surface area contributed by atoms with Crippen molar-refractivity contribution < 1.29 is 18.3 Å². The predicted molar refractivity (Wildman–Crippen MR) is 110 cm³/mol. The second kappa shape index (κ2) is 7.57. The number of carboxylic acids is 1. The first kappa shape index (κ1) is 20.1. The number of sulfonamides is 1. The minimum Gasteiger partial charge on any atom is -0.545 e. The van der Waals surface area contributed by atoms with E-state index in [1.165, 1.54) is 34.8 Å². The maximum atomic E-state index is 13.3. The summed E-state index contributed by atoms with van der Waals surface area (Å²) < 4.78 is 28.0. The molecule has 29 heavy (non-hydrogen) atoms. The molecule has 3 aromatic rings. The van der Waals surface area contributed by atoms with Gasteiger partial charge in [-0.1, -0.05) is 35.3 Å². The molecule has 0 unspecified atom stereocenters. The lowest BCUT2D eigenvalue weighted by Gasteiger charge is -2.22. The second-order valence-electron chi connectivity index (χ2n) is 6.69. The maximum Gasteiger partial charge on any atom is 0.243 e. The van der Waals surface area contributed by atoms with Crippen LogP contribution < -0.4 is 5.11 Å². The molecule has 0 spiro atoms. The van der Waals surface area contributed by atoms with Crippen LogP contribution in [-0.2, 0) is 10.0 Å². The molecule has 1 aromatic heterocycles. The van der Waals surface area contributed by atoms with Crippen molar-refractivity contribution in [3.8, 4) is 11.1 Å². The highest BCUT2D eigenvalue weighted by atomic mass is 35.5. The molecule has 6 nitrogen and oxygen atoms in total. The molecule has 4 rings (SSSR count). The highest BCUT2D eigenvalue weighted by Gasteiger charge is 2.32. The summed E-state index contributed by atoms with van der Waals surface area (Å²) in [6, 6.07) is 8.92. The van der Waals surface area contributed by atoms with E-state index in [1.807, 2.05) is 0 Å². The minimum absolute atomic E-state index is 0.0373. The minimum atomic E-state index is -3.95. The monoisotopic (exact) mass is 449 g/mol. The smallest absolute Gasteiger partial charge is 0.243 e. The van der Waals surface area contributed by atoms with Crippen LogP contribution in [0.4, 0.5) is 0 Å². The largest absolute Gasteiger partial charge is 0.545 e. The summed E-state index contributed by atoms with van der Waals surface area (Å²) in [7, 11) is -3.95. The fourth-order valence-corrected chi connectivity index (χ4v) is 6.00. The molecule has 0 amide bonds. The summed E-state index contributed by atoms with van der Waals surface area (Å²) in [5.74, 6) is -1.51. The molecule has 0 N–H and O–H groups in total. The summed E-state index contributed by atoms with van der Waals surface area (Å²) in [5, 5.41) is 12.9. The number of fused-ring (bicyclic) bond motifs is 1. The molecule has 0 aliphatic carbocycles. The number of hydrogen-bond donors (Lipinski definition) is 0. The van der Waals surface area contributed by atoms with Gasteiger partial charge in [0.25, 0.3) is 0 Å². The third-order valence-electron chi connectivity index (χ3n) is 4.97. The Morgan fingerprint density at radius 3 is 2.45 bits per heavy atom. The number of carbonyl (C=O) groups is 1. The summed E-state index contributed by atoms with van der Waals surface area (Å²) in [6.07, 6.45) is 3.01. The van der Waals surface area contributed by atoms with Crippen LogP contribution in [0.3, 0.4) is 0 Å². The van der Waals surface area contributed by atoms with Crippen molar-refractivity contribution in [1.29, 1.82) is 0 Å². The molecule has 0 atom stereocenters. The Morgan fingerprint density at radius 2 is 1.76 bits per heavy atom. The number of rotatable bonds is 4. The first-order chi connectivity index (χ1) is 13.8. The third-order valence-corrected chi connectivity index (χ3v) is 7.52. The Hall–Kier alpha value is -2.19. The van der Waals surface area contributed by atoms with E-state index in [9.17, 15) is 18.3 Å². The van der Waals surface area contributed by atoms with Crippen molar-refractivity contribution in [2.75, 3.05) is 13.1 Å². The summed E-state index contributed by atoms with van der Waals surface area (Å²) in [4.78, 5) is 16.1. The van der Waals surface area contributed by atoms with Crippen molar-refractivity contribution in [1.82, 2.24) is 9.29 Å². The molecule has 9 heteroatoms. The Balaban J connectivity index is 2.12. The number of nitrogens with zero attached hydrogens (tertiary/aromatic N) is 2. The molecule has 1 aliphatic rings. The van der Waals surface area contributed by atoms with Crippen LogP contribution in [0.15, 0.2) is 47.5 Å². The standard InChI is InChI=1S/C20H16Cl2N2O4S/c21-14-11-15(22)18(19-12(14)6-4-8-23-19)17-13(20(25)26)5-3-7-16(17)29(27,28)24-9-1-2-10-24/h3-8,11H,1-2,9-10H2,(H,25,26)/p-1. The molecule has 2 aromatic carbocycles. The number of carbonyl (C=O) groups excluding carboxylic acids is 1. The molecular formula is C20H15Cl2N2O4S-. The highest BCUT2D eigenvalue weighted by molar-refractivity contribution is 7.89. The molecule has 150 valence electrons. The van der Waals surface area contributed by atoms with Gasteiger partial charge in [0.05, 0.1) is 26.4 Å². The van der Waals surface area contributed by atoms with Gasteiger partial charge in [-0.3, -0.25) is 4.98 Å². The first-order valence-corrected chi connectivity index (χ1v) is 11.1. The Bertz CT molecular complexity index is 1240. The number of pyridine rings is 1. The van der Waals surface area contributed by atoms with Crippen molar-refractivity contribution >= 4 is 50.1 Å². The van der Waals surface area contributed by atoms with Gasteiger partial charge in [-0.25, -0.2) is 8.42 Å². The second-order valence-corrected chi connectivity index (χ2v) is 9.41. The van der Waals surface area contributed by atoms with E-state index in [4.69, 9.17) is 23.2 Å². The number of aromatic nitrogens is 1. The van der Waals surface area contributed by atoms with E-state index in [-0.39, 0.29) is 26.6 Å². The molecule has 1 fully saturated rings. The van der Waals surface area contributed by atoms with E-state index in [0.29, 0.717) is 29.0 Å². The Labute approximate surface area is 177 Å². The number of carboxylic acid groups (broad SMARTS) is 1. The number of benzene rings is 2. The molecule has 2 heterocycles. The number of aromatic carboxylic acids is 1. The summed E-state index contributed by atoms with van der Waals surface area (Å²) >= 11 is 12.7. The normalized spacial score (nSPS) is 15.1. The highest BCUT2D eigenvalue weighted by Crippen LogP contribution is 2.43. The summed E-state index contributed by atoms with van der Waals surface area (Å²) in [6.45, 7) is 0.759. The number of hydrogen-bond acceptors (Lipinski definition) is 5. The van der Waals surface area contributed by atoms with Crippen LogP contribution in [0.1, 0.15) is 23.2 Å². The van der Waals surface area contributed by atoms with Crippen LogP contribution in [0.5, 0.6) is 0 Å².